The predicted molar refractivity (Wildman–Crippen MR) is 112 cm³/mol. The van der Waals surface area contributed by atoms with Crippen LogP contribution in [-0.2, 0) is 0 Å². The molecule has 2 aromatic rings. The highest BCUT2D eigenvalue weighted by Crippen LogP contribution is 2.20. The van der Waals surface area contributed by atoms with Crippen LogP contribution in [0.25, 0.3) is 0 Å². The van der Waals surface area contributed by atoms with Gasteiger partial charge in [-0.1, -0.05) is 0 Å². The van der Waals surface area contributed by atoms with Crippen molar-refractivity contribution in [2.45, 2.75) is 13.8 Å². The highest BCUT2D eigenvalue weighted by atomic mass is 16.1. The van der Waals surface area contributed by atoms with E-state index in [1.807, 2.05) is 18.2 Å². The van der Waals surface area contributed by atoms with Gasteiger partial charge in [0.2, 0.25) is 0 Å². The number of rotatable bonds is 6. The van der Waals surface area contributed by atoms with Crippen LogP contribution in [0.5, 0.6) is 0 Å². The first-order valence-electron chi connectivity index (χ1n) is 9.66. The van der Waals surface area contributed by atoms with Crippen LogP contribution in [-0.4, -0.2) is 62.1 Å². The third-order valence-electron chi connectivity index (χ3n) is 5.10. The fraction of sp³-hybridized carbons (Fsp3) is 0.429. The number of nitrogens with zero attached hydrogens (tertiary/aromatic N) is 4. The van der Waals surface area contributed by atoms with E-state index in [9.17, 15) is 4.79 Å². The van der Waals surface area contributed by atoms with Gasteiger partial charge in [-0.25, -0.2) is 4.98 Å². The lowest BCUT2D eigenvalue weighted by atomic mass is 10.2. The number of carbonyl (C=O) groups is 1. The molecule has 0 aliphatic carbocycles. The van der Waals surface area contributed by atoms with E-state index >= 15 is 0 Å². The van der Waals surface area contributed by atoms with E-state index in [0.29, 0.717) is 5.69 Å². The molecule has 0 radical (unpaired) electrons. The fourth-order valence-corrected chi connectivity index (χ4v) is 3.31. The molecule has 0 atom stereocenters. The number of benzene rings is 1. The molecule has 2 heterocycles. The van der Waals surface area contributed by atoms with Gasteiger partial charge in [-0.3, -0.25) is 4.79 Å². The topological polar surface area (TPSA) is 51.7 Å². The van der Waals surface area contributed by atoms with Crippen LogP contribution in [0.4, 0.5) is 17.1 Å². The molecule has 0 saturated carbocycles. The molecule has 1 aromatic heterocycles. The Labute approximate surface area is 161 Å². The minimum absolute atomic E-state index is 0.187. The molecule has 27 heavy (non-hydrogen) atoms. The van der Waals surface area contributed by atoms with Crippen molar-refractivity contribution in [1.29, 1.82) is 0 Å². The molecule has 1 N–H and O–H groups in total. The fourth-order valence-electron chi connectivity index (χ4n) is 3.31. The van der Waals surface area contributed by atoms with Crippen molar-refractivity contribution in [3.8, 4) is 0 Å². The maximum atomic E-state index is 12.5. The number of likely N-dealkylation sites (N-methyl/N-ethyl adjacent to an activating group) is 1. The molecule has 1 saturated heterocycles. The summed E-state index contributed by atoms with van der Waals surface area (Å²) >= 11 is 0. The summed E-state index contributed by atoms with van der Waals surface area (Å²) in [5.41, 5.74) is 3.44. The summed E-state index contributed by atoms with van der Waals surface area (Å²) in [4.78, 5) is 23.7. The third kappa shape index (κ3) is 4.77. The quantitative estimate of drug-likeness (QED) is 0.851. The van der Waals surface area contributed by atoms with Crippen LogP contribution >= 0.6 is 0 Å². The molecule has 6 nitrogen and oxygen atoms in total. The average molecular weight is 367 g/mol. The van der Waals surface area contributed by atoms with Crippen LogP contribution in [0.15, 0.2) is 42.6 Å². The molecule has 144 valence electrons. The summed E-state index contributed by atoms with van der Waals surface area (Å²) in [5, 5.41) is 2.93. The maximum absolute atomic E-state index is 12.5. The van der Waals surface area contributed by atoms with Crippen molar-refractivity contribution in [1.82, 2.24) is 9.88 Å². The number of pyridine rings is 1. The minimum atomic E-state index is -0.187. The van der Waals surface area contributed by atoms with Crippen molar-refractivity contribution in [2.24, 2.45) is 0 Å². The van der Waals surface area contributed by atoms with Gasteiger partial charge in [0.25, 0.3) is 5.91 Å². The van der Waals surface area contributed by atoms with Gasteiger partial charge in [0.05, 0.1) is 11.9 Å². The number of hydrogen-bond acceptors (Lipinski definition) is 5. The second kappa shape index (κ2) is 8.86. The molecular formula is C21H29N5O. The molecule has 0 bridgehead atoms. The Morgan fingerprint density at radius 1 is 1.04 bits per heavy atom. The number of hydrogen-bond donors (Lipinski definition) is 1. The molecule has 0 spiro atoms. The van der Waals surface area contributed by atoms with Crippen LogP contribution in [0, 0.1) is 0 Å². The summed E-state index contributed by atoms with van der Waals surface area (Å²) in [6, 6.07) is 11.8. The van der Waals surface area contributed by atoms with Gasteiger partial charge < -0.3 is 20.0 Å². The lowest BCUT2D eigenvalue weighted by Crippen LogP contribution is -2.44. The van der Waals surface area contributed by atoms with Crippen molar-refractivity contribution >= 4 is 23.0 Å². The lowest BCUT2D eigenvalue weighted by Gasteiger charge is -2.34. The molecule has 6 heteroatoms. The Morgan fingerprint density at radius 3 is 2.26 bits per heavy atom. The number of nitrogens with one attached hydrogen (secondary N) is 1. The van der Waals surface area contributed by atoms with Crippen molar-refractivity contribution in [3.63, 3.8) is 0 Å². The highest BCUT2D eigenvalue weighted by Gasteiger charge is 2.14. The molecule has 1 amide bonds. The third-order valence-corrected chi connectivity index (χ3v) is 5.10. The number of carbonyl (C=O) groups excluding carboxylic acids is 1. The zero-order valence-corrected chi connectivity index (χ0v) is 16.5. The van der Waals surface area contributed by atoms with E-state index in [2.05, 4.69) is 58.0 Å². The largest absolute Gasteiger partial charge is 0.371 e. The van der Waals surface area contributed by atoms with Gasteiger partial charge in [-0.15, -0.1) is 0 Å². The van der Waals surface area contributed by atoms with Gasteiger partial charge in [0.15, 0.2) is 0 Å². The van der Waals surface area contributed by atoms with Gasteiger partial charge in [-0.2, -0.15) is 0 Å². The monoisotopic (exact) mass is 367 g/mol. The normalized spacial score (nSPS) is 14.9. The van der Waals surface area contributed by atoms with Crippen LogP contribution in [0.1, 0.15) is 24.3 Å². The molecule has 1 aromatic carbocycles. The number of anilines is 3. The predicted octanol–water partition coefficient (Wildman–Crippen LogP) is 2.93. The van der Waals surface area contributed by atoms with Crippen molar-refractivity contribution in [3.05, 3.63) is 48.3 Å². The Bertz CT molecular complexity index is 732. The molecule has 1 aliphatic rings. The Balaban J connectivity index is 1.60. The summed E-state index contributed by atoms with van der Waals surface area (Å²) in [6.07, 6.45) is 1.76. The standard InChI is InChI=1S/C21H29N5O/c1-4-25(5-2)19-10-11-20(22-16-19)21(27)23-17-6-8-18(9-7-17)26-14-12-24(3)13-15-26/h6-11,16H,4-5,12-15H2,1-3H3,(H,23,27). The highest BCUT2D eigenvalue weighted by molar-refractivity contribution is 6.03. The first-order valence-corrected chi connectivity index (χ1v) is 9.66. The summed E-state index contributed by atoms with van der Waals surface area (Å²) in [6.45, 7) is 10.3. The number of piperazine rings is 1. The van der Waals surface area contributed by atoms with E-state index in [1.165, 1.54) is 5.69 Å². The van der Waals surface area contributed by atoms with Gasteiger partial charge in [-0.05, 0) is 57.3 Å². The lowest BCUT2D eigenvalue weighted by molar-refractivity contribution is 0.102. The number of aromatic nitrogens is 1. The number of amides is 1. The smallest absolute Gasteiger partial charge is 0.274 e. The van der Waals surface area contributed by atoms with Crippen molar-refractivity contribution in [2.75, 3.05) is 61.4 Å². The van der Waals surface area contributed by atoms with E-state index in [4.69, 9.17) is 0 Å². The molecule has 0 unspecified atom stereocenters. The van der Waals surface area contributed by atoms with E-state index < -0.39 is 0 Å². The first-order chi connectivity index (χ1) is 13.1. The molecule has 3 rings (SSSR count). The Morgan fingerprint density at radius 2 is 1.70 bits per heavy atom. The van der Waals surface area contributed by atoms with E-state index in [-0.39, 0.29) is 5.91 Å². The summed E-state index contributed by atoms with van der Waals surface area (Å²) in [7, 11) is 2.15. The molecule has 1 aliphatic heterocycles. The molecule has 1 fully saturated rings. The minimum Gasteiger partial charge on any atom is -0.371 e. The van der Waals surface area contributed by atoms with Crippen LogP contribution in [0.2, 0.25) is 0 Å². The first kappa shape index (κ1) is 19.2. The van der Waals surface area contributed by atoms with Crippen LogP contribution < -0.4 is 15.1 Å². The second-order valence-electron chi connectivity index (χ2n) is 6.87. The SMILES string of the molecule is CCN(CC)c1ccc(C(=O)Nc2ccc(N3CCN(C)CC3)cc2)nc1. The zero-order chi connectivity index (χ0) is 19.2. The van der Waals surface area contributed by atoms with Crippen molar-refractivity contribution < 1.29 is 4.79 Å². The summed E-state index contributed by atoms with van der Waals surface area (Å²) in [5.74, 6) is -0.187. The summed E-state index contributed by atoms with van der Waals surface area (Å²) < 4.78 is 0. The maximum Gasteiger partial charge on any atom is 0.274 e. The van der Waals surface area contributed by atoms with E-state index in [1.54, 1.807) is 12.3 Å². The second-order valence-corrected chi connectivity index (χ2v) is 6.87. The van der Waals surface area contributed by atoms with E-state index in [0.717, 1.165) is 50.6 Å². The van der Waals surface area contributed by atoms with Gasteiger partial charge in [0.1, 0.15) is 5.69 Å². The Kier molecular flexibility index (Phi) is 6.29. The Hall–Kier alpha value is -2.60. The van der Waals surface area contributed by atoms with Crippen LogP contribution in [0.3, 0.4) is 0 Å². The average Bonchev–Trinajstić information content (AvgIpc) is 2.71. The zero-order valence-electron chi connectivity index (χ0n) is 16.5. The molecular weight excluding hydrogens is 338 g/mol. The van der Waals surface area contributed by atoms with Gasteiger partial charge in [0, 0.05) is 50.6 Å². The van der Waals surface area contributed by atoms with Gasteiger partial charge >= 0.3 is 0 Å².